The number of hydroxylamine groups is 2. The monoisotopic (exact) mass is 145 g/mol. The molecule has 1 rings (SSSR count). The third-order valence-electron chi connectivity index (χ3n) is 1.39. The van der Waals surface area contributed by atoms with Gasteiger partial charge in [-0.15, -0.1) is 0 Å². The standard InChI is InChI=1S/C6H11NO3/c8-6(9)5-7-3-1-2-4-10-7/h1-5H2,(H,8,9). The van der Waals surface area contributed by atoms with Crippen molar-refractivity contribution in [2.45, 2.75) is 12.8 Å². The van der Waals surface area contributed by atoms with E-state index in [4.69, 9.17) is 9.94 Å². The van der Waals surface area contributed by atoms with Crippen molar-refractivity contribution in [2.75, 3.05) is 19.7 Å². The molecular weight excluding hydrogens is 134 g/mol. The fourth-order valence-corrected chi connectivity index (χ4v) is 0.924. The minimum Gasteiger partial charge on any atom is -0.480 e. The second-order valence-electron chi connectivity index (χ2n) is 2.30. The molecule has 0 spiro atoms. The minimum absolute atomic E-state index is 0. The number of carboxylic acid groups (broad SMARTS) is 1. The first-order chi connectivity index (χ1) is 4.79. The van der Waals surface area contributed by atoms with Crippen molar-refractivity contribution in [2.24, 2.45) is 0 Å². The molecule has 0 radical (unpaired) electrons. The van der Waals surface area contributed by atoms with Gasteiger partial charge >= 0.3 is 5.97 Å². The zero-order chi connectivity index (χ0) is 7.40. The molecule has 1 aliphatic heterocycles. The highest BCUT2D eigenvalue weighted by Crippen LogP contribution is 2.04. The maximum Gasteiger partial charge on any atom is 0.320 e. The molecule has 0 aromatic heterocycles. The van der Waals surface area contributed by atoms with Crippen LogP contribution in [-0.4, -0.2) is 35.8 Å². The number of hydrogen-bond donors (Lipinski definition) is 1. The van der Waals surface area contributed by atoms with Crippen LogP contribution in [0.5, 0.6) is 0 Å². The SMILES string of the molecule is O=C(O)CN1CCCCO1. The lowest BCUT2D eigenvalue weighted by Crippen LogP contribution is -2.34. The van der Waals surface area contributed by atoms with Gasteiger partial charge in [0.05, 0.1) is 6.61 Å². The van der Waals surface area contributed by atoms with Gasteiger partial charge < -0.3 is 5.11 Å². The largest absolute Gasteiger partial charge is 0.480 e. The summed E-state index contributed by atoms with van der Waals surface area (Å²) in [5.41, 5.74) is 0. The Morgan fingerprint density at radius 1 is 1.60 bits per heavy atom. The van der Waals surface area contributed by atoms with Gasteiger partial charge in [0.25, 0.3) is 0 Å². The van der Waals surface area contributed by atoms with Gasteiger partial charge in [0.15, 0.2) is 0 Å². The maximum atomic E-state index is 10.1. The molecule has 0 unspecified atom stereocenters. The minimum atomic E-state index is -0.832. The first-order valence-electron chi connectivity index (χ1n) is 3.38. The summed E-state index contributed by atoms with van der Waals surface area (Å²) in [4.78, 5) is 15.2. The molecule has 0 bridgehead atoms. The summed E-state index contributed by atoms with van der Waals surface area (Å²) in [6.07, 6.45) is 2.07. The van der Waals surface area contributed by atoms with Crippen molar-refractivity contribution in [1.29, 1.82) is 0 Å². The van der Waals surface area contributed by atoms with Gasteiger partial charge in [-0.2, -0.15) is 5.06 Å². The van der Waals surface area contributed by atoms with E-state index in [2.05, 4.69) is 0 Å². The van der Waals surface area contributed by atoms with Gasteiger partial charge in [-0.3, -0.25) is 9.63 Å². The lowest BCUT2D eigenvalue weighted by molar-refractivity contribution is -0.190. The Morgan fingerprint density at radius 3 is 2.90 bits per heavy atom. The van der Waals surface area contributed by atoms with Crippen LogP contribution >= 0.6 is 0 Å². The van der Waals surface area contributed by atoms with E-state index in [9.17, 15) is 4.79 Å². The summed E-state index contributed by atoms with van der Waals surface area (Å²) in [5, 5.41) is 9.84. The number of aliphatic carboxylic acids is 1. The molecular formula is C6H11NO3. The van der Waals surface area contributed by atoms with E-state index in [0.29, 0.717) is 6.61 Å². The Labute approximate surface area is 59.3 Å². The molecule has 1 fully saturated rings. The fraction of sp³-hybridized carbons (Fsp3) is 0.833. The van der Waals surface area contributed by atoms with E-state index in [1.165, 1.54) is 5.06 Å². The number of hydrogen-bond acceptors (Lipinski definition) is 3. The lowest BCUT2D eigenvalue weighted by Gasteiger charge is -2.23. The van der Waals surface area contributed by atoms with E-state index in [1.807, 2.05) is 0 Å². The number of rotatable bonds is 2. The van der Waals surface area contributed by atoms with Crippen LogP contribution in [0.1, 0.15) is 12.8 Å². The van der Waals surface area contributed by atoms with Gasteiger partial charge in [-0.25, -0.2) is 0 Å². The number of nitrogens with zero attached hydrogens (tertiary/aromatic N) is 1. The molecule has 4 nitrogen and oxygen atoms in total. The lowest BCUT2D eigenvalue weighted by atomic mass is 10.3. The van der Waals surface area contributed by atoms with Crippen molar-refractivity contribution in [3.63, 3.8) is 0 Å². The summed E-state index contributed by atoms with van der Waals surface area (Å²) >= 11 is 0. The molecule has 0 aromatic carbocycles. The Kier molecular flexibility index (Phi) is 2.65. The summed E-state index contributed by atoms with van der Waals surface area (Å²) in [7, 11) is 0. The predicted molar refractivity (Wildman–Crippen MR) is 34.4 cm³/mol. The first-order valence-corrected chi connectivity index (χ1v) is 3.38. The van der Waals surface area contributed by atoms with Crippen molar-refractivity contribution >= 4 is 5.97 Å². The second-order valence-corrected chi connectivity index (χ2v) is 2.30. The Hall–Kier alpha value is -0.610. The molecule has 0 aromatic rings. The molecule has 0 amide bonds. The van der Waals surface area contributed by atoms with Gasteiger partial charge in [-0.05, 0) is 12.8 Å². The van der Waals surface area contributed by atoms with Crippen LogP contribution in [-0.2, 0) is 9.63 Å². The van der Waals surface area contributed by atoms with E-state index in [0.717, 1.165) is 19.4 Å². The van der Waals surface area contributed by atoms with E-state index in [1.54, 1.807) is 0 Å². The maximum absolute atomic E-state index is 10.1. The molecule has 58 valence electrons. The molecule has 1 heterocycles. The highest BCUT2D eigenvalue weighted by Gasteiger charge is 2.12. The van der Waals surface area contributed by atoms with Crippen LogP contribution in [0.3, 0.4) is 0 Å². The quantitative estimate of drug-likeness (QED) is 0.598. The highest BCUT2D eigenvalue weighted by molar-refractivity contribution is 5.68. The normalized spacial score (nSPS) is 20.8. The zero-order valence-corrected chi connectivity index (χ0v) is 5.75. The molecule has 0 atom stereocenters. The Bertz CT molecular complexity index is 120. The van der Waals surface area contributed by atoms with E-state index < -0.39 is 5.97 Å². The number of carboxylic acids is 1. The van der Waals surface area contributed by atoms with Gasteiger partial charge in [0.2, 0.25) is 0 Å². The molecule has 1 aliphatic rings. The van der Waals surface area contributed by atoms with Crippen molar-refractivity contribution < 1.29 is 14.7 Å². The predicted octanol–water partition coefficient (Wildman–Crippen LogP) is 0.0984. The van der Waals surface area contributed by atoms with Crippen molar-refractivity contribution in [3.8, 4) is 0 Å². The Balaban J connectivity index is 2.19. The third kappa shape index (κ3) is 2.33. The highest BCUT2D eigenvalue weighted by atomic mass is 16.7. The Morgan fingerprint density at radius 2 is 2.40 bits per heavy atom. The molecule has 10 heavy (non-hydrogen) atoms. The van der Waals surface area contributed by atoms with E-state index in [-0.39, 0.29) is 6.54 Å². The summed E-state index contributed by atoms with van der Waals surface area (Å²) in [5.74, 6) is -0.832. The molecule has 0 saturated carbocycles. The smallest absolute Gasteiger partial charge is 0.320 e. The van der Waals surface area contributed by atoms with Crippen LogP contribution in [0, 0.1) is 0 Å². The molecule has 1 saturated heterocycles. The van der Waals surface area contributed by atoms with Crippen LogP contribution in [0.15, 0.2) is 0 Å². The topological polar surface area (TPSA) is 49.8 Å². The van der Waals surface area contributed by atoms with Crippen molar-refractivity contribution in [1.82, 2.24) is 5.06 Å². The summed E-state index contributed by atoms with van der Waals surface area (Å²) < 4.78 is 0. The average Bonchev–Trinajstić information content (AvgIpc) is 1.88. The first kappa shape index (κ1) is 7.50. The van der Waals surface area contributed by atoms with Crippen LogP contribution < -0.4 is 0 Å². The van der Waals surface area contributed by atoms with Crippen LogP contribution in [0.2, 0.25) is 0 Å². The van der Waals surface area contributed by atoms with Gasteiger partial charge in [-0.1, -0.05) is 0 Å². The third-order valence-corrected chi connectivity index (χ3v) is 1.39. The van der Waals surface area contributed by atoms with Crippen LogP contribution in [0.4, 0.5) is 0 Å². The molecule has 1 N–H and O–H groups in total. The average molecular weight is 145 g/mol. The fourth-order valence-electron chi connectivity index (χ4n) is 0.924. The number of carbonyl (C=O) groups is 1. The summed E-state index contributed by atoms with van der Waals surface area (Å²) in [6, 6.07) is 0. The second kappa shape index (κ2) is 3.53. The van der Waals surface area contributed by atoms with Crippen LogP contribution in [0.25, 0.3) is 0 Å². The van der Waals surface area contributed by atoms with Gasteiger partial charge in [0.1, 0.15) is 6.54 Å². The summed E-state index contributed by atoms with van der Waals surface area (Å²) in [6.45, 7) is 1.40. The van der Waals surface area contributed by atoms with Gasteiger partial charge in [0, 0.05) is 6.54 Å². The van der Waals surface area contributed by atoms with Crippen molar-refractivity contribution in [3.05, 3.63) is 0 Å². The van der Waals surface area contributed by atoms with E-state index >= 15 is 0 Å². The molecule has 4 heteroatoms. The molecule has 0 aliphatic carbocycles. The zero-order valence-electron chi connectivity index (χ0n) is 5.75.